The molecular formula is C46H34OP2. The fourth-order valence-electron chi connectivity index (χ4n) is 6.98. The molecule has 0 unspecified atom stereocenters. The molecule has 8 aromatic rings. The van der Waals surface area contributed by atoms with Gasteiger partial charge in [0.2, 0.25) is 0 Å². The maximum atomic E-state index is 16.3. The largest absolute Gasteiger partial charge is 0.309 e. The summed E-state index contributed by atoms with van der Waals surface area (Å²) in [5.74, 6) is 0. The van der Waals surface area contributed by atoms with E-state index in [4.69, 9.17) is 0 Å². The van der Waals surface area contributed by atoms with Crippen molar-refractivity contribution in [2.24, 2.45) is 0 Å². The van der Waals surface area contributed by atoms with E-state index in [1.807, 2.05) is 66.7 Å². The average Bonchev–Trinajstić information content (AvgIpc) is 3.18. The van der Waals surface area contributed by atoms with E-state index in [-0.39, 0.29) is 0 Å². The van der Waals surface area contributed by atoms with Crippen LogP contribution in [0.2, 0.25) is 0 Å². The highest BCUT2D eigenvalue weighted by Crippen LogP contribution is 2.49. The van der Waals surface area contributed by atoms with Gasteiger partial charge in [0.1, 0.15) is 0 Å². The molecule has 0 radical (unpaired) electrons. The third-order valence-corrected chi connectivity index (χ3v) is 14.8. The molecule has 0 aliphatic heterocycles. The highest BCUT2D eigenvalue weighted by Gasteiger charge is 2.35. The van der Waals surface area contributed by atoms with Crippen LogP contribution in [-0.2, 0) is 4.57 Å². The molecule has 0 saturated carbocycles. The molecule has 0 atom stereocenters. The first-order valence-electron chi connectivity index (χ1n) is 16.5. The number of fused-ring (bicyclic) bond motifs is 2. The molecule has 0 saturated heterocycles. The van der Waals surface area contributed by atoms with Crippen LogP contribution in [0.4, 0.5) is 0 Å². The van der Waals surface area contributed by atoms with Crippen molar-refractivity contribution < 1.29 is 4.57 Å². The zero-order valence-electron chi connectivity index (χ0n) is 27.0. The standard InChI is InChI=1S/C46H34OP2/c1-2-34-27-30-42-36(33-34)29-32-44(49(47,39-22-11-5-12-23-39)40-24-13-6-14-25-40)46(42)45-41-26-16-15-17-35(41)28-31-43(45)48(37-18-7-3-8-19-37)38-20-9-4-10-21-38/h2-33H,1H2. The molecule has 0 aliphatic carbocycles. The first-order chi connectivity index (χ1) is 24.2. The summed E-state index contributed by atoms with van der Waals surface area (Å²) in [6.45, 7) is 4.06. The Kier molecular flexibility index (Phi) is 8.40. The second-order valence-corrected chi connectivity index (χ2v) is 17.0. The maximum absolute atomic E-state index is 16.3. The van der Waals surface area contributed by atoms with Crippen molar-refractivity contribution in [2.45, 2.75) is 0 Å². The fourth-order valence-corrected chi connectivity index (χ4v) is 12.3. The Morgan fingerprint density at radius 2 is 0.980 bits per heavy atom. The van der Waals surface area contributed by atoms with Crippen LogP contribution in [-0.4, -0.2) is 0 Å². The Bertz CT molecular complexity index is 2390. The van der Waals surface area contributed by atoms with E-state index in [1.165, 1.54) is 15.9 Å². The molecule has 0 fully saturated rings. The van der Waals surface area contributed by atoms with Crippen LogP contribution in [0.1, 0.15) is 5.56 Å². The van der Waals surface area contributed by atoms with E-state index >= 15 is 4.57 Å². The van der Waals surface area contributed by atoms with Crippen LogP contribution in [0, 0.1) is 0 Å². The zero-order valence-corrected chi connectivity index (χ0v) is 28.8. The van der Waals surface area contributed by atoms with Crippen LogP contribution >= 0.6 is 15.1 Å². The minimum absolute atomic E-state index is 0.819. The summed E-state index contributed by atoms with van der Waals surface area (Å²) >= 11 is 0. The molecule has 0 amide bonds. The number of benzene rings is 8. The molecule has 8 aromatic carbocycles. The normalized spacial score (nSPS) is 11.6. The lowest BCUT2D eigenvalue weighted by atomic mass is 9.93. The summed E-state index contributed by atoms with van der Waals surface area (Å²) in [5, 5.41) is 10.7. The van der Waals surface area contributed by atoms with E-state index in [0.717, 1.165) is 54.1 Å². The predicted molar refractivity (Wildman–Crippen MR) is 215 cm³/mol. The topological polar surface area (TPSA) is 17.1 Å². The van der Waals surface area contributed by atoms with Crippen molar-refractivity contribution >= 4 is 74.5 Å². The van der Waals surface area contributed by atoms with Gasteiger partial charge in [-0.25, -0.2) is 0 Å². The van der Waals surface area contributed by atoms with Gasteiger partial charge < -0.3 is 4.57 Å². The average molecular weight is 665 g/mol. The highest BCUT2D eigenvalue weighted by molar-refractivity contribution is 7.85. The first kappa shape index (κ1) is 31.0. The van der Waals surface area contributed by atoms with Crippen molar-refractivity contribution in [3.8, 4) is 11.1 Å². The van der Waals surface area contributed by atoms with Crippen molar-refractivity contribution in [1.82, 2.24) is 0 Å². The first-order valence-corrected chi connectivity index (χ1v) is 19.5. The molecule has 234 valence electrons. The van der Waals surface area contributed by atoms with Crippen LogP contribution in [0.15, 0.2) is 195 Å². The van der Waals surface area contributed by atoms with E-state index in [2.05, 4.69) is 134 Å². The van der Waals surface area contributed by atoms with Gasteiger partial charge in [-0.05, 0) is 68.6 Å². The van der Waals surface area contributed by atoms with Gasteiger partial charge in [0.05, 0.1) is 0 Å². The minimum Gasteiger partial charge on any atom is -0.309 e. The van der Waals surface area contributed by atoms with Crippen LogP contribution < -0.4 is 31.8 Å². The molecule has 1 nitrogen and oxygen atoms in total. The number of hydrogen-bond acceptors (Lipinski definition) is 1. The van der Waals surface area contributed by atoms with Crippen molar-refractivity contribution in [2.75, 3.05) is 0 Å². The van der Waals surface area contributed by atoms with Crippen molar-refractivity contribution in [3.63, 3.8) is 0 Å². The Labute approximate surface area is 289 Å². The van der Waals surface area contributed by atoms with Gasteiger partial charge in [-0.1, -0.05) is 189 Å². The van der Waals surface area contributed by atoms with E-state index in [9.17, 15) is 0 Å². The molecule has 0 bridgehead atoms. The molecular weight excluding hydrogens is 630 g/mol. The number of rotatable bonds is 8. The van der Waals surface area contributed by atoms with E-state index in [1.54, 1.807) is 0 Å². The summed E-state index contributed by atoms with van der Waals surface area (Å²) < 4.78 is 16.3. The molecule has 49 heavy (non-hydrogen) atoms. The summed E-state index contributed by atoms with van der Waals surface area (Å²) in [7, 11) is -4.38. The Morgan fingerprint density at radius 1 is 0.469 bits per heavy atom. The van der Waals surface area contributed by atoms with Gasteiger partial charge in [-0.15, -0.1) is 0 Å². The lowest BCUT2D eigenvalue weighted by molar-refractivity contribution is 0.592. The smallest absolute Gasteiger partial charge is 0.171 e. The lowest BCUT2D eigenvalue weighted by Crippen LogP contribution is -2.28. The van der Waals surface area contributed by atoms with Gasteiger partial charge in [0.15, 0.2) is 7.14 Å². The second kappa shape index (κ2) is 13.3. The van der Waals surface area contributed by atoms with Crippen LogP contribution in [0.25, 0.3) is 38.7 Å². The minimum atomic E-state index is -3.39. The Morgan fingerprint density at radius 3 is 1.57 bits per heavy atom. The second-order valence-electron chi connectivity index (χ2n) is 12.1. The van der Waals surface area contributed by atoms with Gasteiger partial charge >= 0.3 is 0 Å². The monoisotopic (exact) mass is 664 g/mol. The van der Waals surface area contributed by atoms with Gasteiger partial charge in [0.25, 0.3) is 0 Å². The molecule has 0 aromatic heterocycles. The zero-order chi connectivity index (χ0) is 33.2. The SMILES string of the molecule is C=Cc1ccc2c(-c3c(P(c4ccccc4)c4ccccc4)ccc4ccccc34)c(P(=O)(c3ccccc3)c3ccccc3)ccc2c1. The quantitative estimate of drug-likeness (QED) is 0.148. The third kappa shape index (κ3) is 5.56. The van der Waals surface area contributed by atoms with E-state index in [0.29, 0.717) is 0 Å². The summed E-state index contributed by atoms with van der Waals surface area (Å²) in [4.78, 5) is 0. The van der Waals surface area contributed by atoms with Crippen LogP contribution in [0.5, 0.6) is 0 Å². The van der Waals surface area contributed by atoms with E-state index < -0.39 is 15.1 Å². The van der Waals surface area contributed by atoms with Crippen LogP contribution in [0.3, 0.4) is 0 Å². The Hall–Kier alpha value is -5.32. The van der Waals surface area contributed by atoms with Crippen molar-refractivity contribution in [3.05, 3.63) is 200 Å². The van der Waals surface area contributed by atoms with Crippen molar-refractivity contribution in [1.29, 1.82) is 0 Å². The Balaban J connectivity index is 1.57. The maximum Gasteiger partial charge on any atom is 0.171 e. The predicted octanol–water partition coefficient (Wildman–Crippen LogP) is 9.70. The summed E-state index contributed by atoms with van der Waals surface area (Å²) in [5.41, 5.74) is 3.21. The third-order valence-electron chi connectivity index (χ3n) is 9.26. The highest BCUT2D eigenvalue weighted by atomic mass is 31.2. The van der Waals surface area contributed by atoms with Gasteiger partial charge in [-0.3, -0.25) is 0 Å². The summed E-state index contributed by atoms with van der Waals surface area (Å²) in [6.07, 6.45) is 1.89. The summed E-state index contributed by atoms with van der Waals surface area (Å²) in [6, 6.07) is 65.7. The van der Waals surface area contributed by atoms with Gasteiger partial charge in [0, 0.05) is 21.5 Å². The molecule has 0 N–H and O–H groups in total. The number of hydrogen-bond donors (Lipinski definition) is 0. The molecule has 0 spiro atoms. The molecule has 3 heteroatoms. The lowest BCUT2D eigenvalue weighted by Gasteiger charge is -2.28. The fraction of sp³-hybridized carbons (Fsp3) is 0. The molecule has 0 aliphatic rings. The van der Waals surface area contributed by atoms with Gasteiger partial charge in [-0.2, -0.15) is 0 Å². The molecule has 8 rings (SSSR count). The molecule has 0 heterocycles.